The maximum absolute atomic E-state index is 12.6. The first kappa shape index (κ1) is 15.6. The maximum atomic E-state index is 12.6. The van der Waals surface area contributed by atoms with E-state index in [2.05, 4.69) is 6.58 Å². The van der Waals surface area contributed by atoms with Crippen molar-refractivity contribution in [3.63, 3.8) is 0 Å². The highest BCUT2D eigenvalue weighted by Gasteiger charge is 2.39. The van der Waals surface area contributed by atoms with Gasteiger partial charge in [0, 0.05) is 0 Å². The molecular formula is C14H17F3O2. The van der Waals surface area contributed by atoms with Crippen LogP contribution in [0, 0.1) is 0 Å². The number of rotatable bonds is 4. The SMILES string of the molecule is C=CC(C)(O)C(C)(C)Oc1cccc(C(F)(F)F)c1. The lowest BCUT2D eigenvalue weighted by Gasteiger charge is -2.38. The van der Waals surface area contributed by atoms with Gasteiger partial charge in [0.25, 0.3) is 0 Å². The van der Waals surface area contributed by atoms with Crippen LogP contribution in [0.15, 0.2) is 36.9 Å². The molecule has 0 aliphatic heterocycles. The molecule has 19 heavy (non-hydrogen) atoms. The standard InChI is InChI=1S/C14H17F3O2/c1-5-13(4,18)12(2,3)19-11-8-6-7-10(9-11)14(15,16)17/h5-9,18H,1H2,2-4H3. The Morgan fingerprint density at radius 3 is 2.26 bits per heavy atom. The summed E-state index contributed by atoms with van der Waals surface area (Å²) >= 11 is 0. The molecule has 0 aromatic heterocycles. The minimum Gasteiger partial charge on any atom is -0.485 e. The van der Waals surface area contributed by atoms with E-state index in [0.29, 0.717) is 0 Å². The van der Waals surface area contributed by atoms with Crippen molar-refractivity contribution in [2.24, 2.45) is 0 Å². The average Bonchev–Trinajstić information content (AvgIpc) is 2.27. The van der Waals surface area contributed by atoms with Crippen LogP contribution in [0.1, 0.15) is 26.3 Å². The van der Waals surface area contributed by atoms with Gasteiger partial charge in [0.1, 0.15) is 17.0 Å². The van der Waals surface area contributed by atoms with Crippen LogP contribution < -0.4 is 4.74 Å². The molecule has 0 amide bonds. The third kappa shape index (κ3) is 3.50. The molecule has 1 rings (SSSR count). The van der Waals surface area contributed by atoms with Crippen LogP contribution in [0.2, 0.25) is 0 Å². The highest BCUT2D eigenvalue weighted by atomic mass is 19.4. The van der Waals surface area contributed by atoms with Crippen molar-refractivity contribution >= 4 is 0 Å². The van der Waals surface area contributed by atoms with E-state index in [9.17, 15) is 18.3 Å². The summed E-state index contributed by atoms with van der Waals surface area (Å²) in [5.74, 6) is 0.0435. The Hall–Kier alpha value is -1.49. The predicted molar refractivity (Wildman–Crippen MR) is 67.0 cm³/mol. The second-order valence-electron chi connectivity index (χ2n) is 4.99. The van der Waals surface area contributed by atoms with Crippen LogP contribution in [-0.4, -0.2) is 16.3 Å². The van der Waals surface area contributed by atoms with E-state index in [1.165, 1.54) is 25.1 Å². The molecule has 0 saturated carbocycles. The number of aliphatic hydroxyl groups is 1. The quantitative estimate of drug-likeness (QED) is 0.846. The van der Waals surface area contributed by atoms with E-state index in [1.54, 1.807) is 13.8 Å². The summed E-state index contributed by atoms with van der Waals surface area (Å²) in [6, 6.07) is 4.54. The van der Waals surface area contributed by atoms with Gasteiger partial charge >= 0.3 is 6.18 Å². The molecule has 1 unspecified atom stereocenters. The number of halogens is 3. The van der Waals surface area contributed by atoms with Crippen LogP contribution >= 0.6 is 0 Å². The molecule has 1 atom stereocenters. The van der Waals surface area contributed by atoms with Gasteiger partial charge in [-0.1, -0.05) is 12.1 Å². The Morgan fingerprint density at radius 1 is 1.21 bits per heavy atom. The number of benzene rings is 1. The van der Waals surface area contributed by atoms with Crippen LogP contribution in [0.4, 0.5) is 13.2 Å². The molecule has 0 heterocycles. The van der Waals surface area contributed by atoms with Crippen molar-refractivity contribution in [1.82, 2.24) is 0 Å². The molecule has 0 bridgehead atoms. The van der Waals surface area contributed by atoms with Gasteiger partial charge in [-0.15, -0.1) is 6.58 Å². The Labute approximate surface area is 110 Å². The lowest BCUT2D eigenvalue weighted by molar-refractivity contribution is -0.137. The third-order valence-corrected chi connectivity index (χ3v) is 3.15. The Balaban J connectivity index is 3.04. The molecule has 0 aliphatic rings. The number of ether oxygens (including phenoxy) is 1. The Kier molecular flexibility index (Phi) is 4.00. The molecule has 5 heteroatoms. The summed E-state index contributed by atoms with van der Waals surface area (Å²) in [5.41, 5.74) is -3.28. The van der Waals surface area contributed by atoms with Gasteiger partial charge < -0.3 is 9.84 Å². The molecule has 1 aromatic rings. The van der Waals surface area contributed by atoms with Crippen molar-refractivity contribution in [1.29, 1.82) is 0 Å². The minimum absolute atomic E-state index is 0.0435. The van der Waals surface area contributed by atoms with Crippen molar-refractivity contribution in [2.45, 2.75) is 38.1 Å². The lowest BCUT2D eigenvalue weighted by Crippen LogP contribution is -2.50. The zero-order valence-electron chi connectivity index (χ0n) is 11.1. The van der Waals surface area contributed by atoms with Gasteiger partial charge in [-0.2, -0.15) is 13.2 Å². The van der Waals surface area contributed by atoms with E-state index < -0.39 is 22.9 Å². The largest absolute Gasteiger partial charge is 0.485 e. The zero-order valence-corrected chi connectivity index (χ0v) is 11.1. The monoisotopic (exact) mass is 274 g/mol. The summed E-state index contributed by atoms with van der Waals surface area (Å²) in [6.45, 7) is 8.12. The number of hydrogen-bond acceptors (Lipinski definition) is 2. The van der Waals surface area contributed by atoms with Gasteiger partial charge in [-0.3, -0.25) is 0 Å². The summed E-state index contributed by atoms with van der Waals surface area (Å²) in [5, 5.41) is 10.1. The summed E-state index contributed by atoms with van der Waals surface area (Å²) in [7, 11) is 0. The molecule has 0 spiro atoms. The maximum Gasteiger partial charge on any atom is 0.416 e. The third-order valence-electron chi connectivity index (χ3n) is 3.15. The first-order valence-electron chi connectivity index (χ1n) is 5.72. The van der Waals surface area contributed by atoms with E-state index in [-0.39, 0.29) is 5.75 Å². The summed E-state index contributed by atoms with van der Waals surface area (Å²) < 4.78 is 43.2. The normalized spacial score (nSPS) is 15.7. The second kappa shape index (κ2) is 4.89. The number of alkyl halides is 3. The van der Waals surface area contributed by atoms with Crippen molar-refractivity contribution in [2.75, 3.05) is 0 Å². The van der Waals surface area contributed by atoms with Gasteiger partial charge in [0.05, 0.1) is 5.56 Å². The summed E-state index contributed by atoms with van der Waals surface area (Å²) in [6.07, 6.45) is -3.13. The summed E-state index contributed by atoms with van der Waals surface area (Å²) in [4.78, 5) is 0. The molecular weight excluding hydrogens is 257 g/mol. The highest BCUT2D eigenvalue weighted by molar-refractivity contribution is 5.31. The fourth-order valence-corrected chi connectivity index (χ4v) is 1.38. The molecule has 1 N–H and O–H groups in total. The van der Waals surface area contributed by atoms with E-state index in [1.807, 2.05) is 0 Å². The fourth-order valence-electron chi connectivity index (χ4n) is 1.38. The lowest BCUT2D eigenvalue weighted by atomic mass is 9.87. The molecule has 0 radical (unpaired) electrons. The molecule has 0 aliphatic carbocycles. The van der Waals surface area contributed by atoms with Crippen LogP contribution in [0.5, 0.6) is 5.75 Å². The first-order chi connectivity index (χ1) is 8.49. The van der Waals surface area contributed by atoms with Crippen molar-refractivity contribution in [3.05, 3.63) is 42.5 Å². The smallest absolute Gasteiger partial charge is 0.416 e. The van der Waals surface area contributed by atoms with Crippen LogP contribution in [-0.2, 0) is 6.18 Å². The van der Waals surface area contributed by atoms with Crippen molar-refractivity contribution in [3.8, 4) is 5.75 Å². The Morgan fingerprint density at radius 2 is 1.79 bits per heavy atom. The molecule has 0 saturated heterocycles. The number of hydrogen-bond donors (Lipinski definition) is 1. The van der Waals surface area contributed by atoms with E-state index >= 15 is 0 Å². The van der Waals surface area contributed by atoms with Gasteiger partial charge in [-0.05, 0) is 39.0 Å². The average molecular weight is 274 g/mol. The van der Waals surface area contributed by atoms with Crippen LogP contribution in [0.25, 0.3) is 0 Å². The molecule has 2 nitrogen and oxygen atoms in total. The first-order valence-corrected chi connectivity index (χ1v) is 5.72. The van der Waals surface area contributed by atoms with E-state index in [0.717, 1.165) is 12.1 Å². The zero-order chi connectivity index (χ0) is 14.9. The topological polar surface area (TPSA) is 29.5 Å². The molecule has 1 aromatic carbocycles. The van der Waals surface area contributed by atoms with Gasteiger partial charge in [-0.25, -0.2) is 0 Å². The fraction of sp³-hybridized carbons (Fsp3) is 0.429. The van der Waals surface area contributed by atoms with Gasteiger partial charge in [0.15, 0.2) is 0 Å². The minimum atomic E-state index is -4.43. The molecule has 0 fully saturated rings. The highest BCUT2D eigenvalue weighted by Crippen LogP contribution is 2.34. The van der Waals surface area contributed by atoms with Crippen LogP contribution in [0.3, 0.4) is 0 Å². The Bertz CT molecular complexity index is 462. The van der Waals surface area contributed by atoms with Crippen molar-refractivity contribution < 1.29 is 23.0 Å². The van der Waals surface area contributed by atoms with Gasteiger partial charge in [0.2, 0.25) is 0 Å². The molecule has 106 valence electrons. The van der Waals surface area contributed by atoms with E-state index in [4.69, 9.17) is 4.74 Å². The predicted octanol–water partition coefficient (Wildman–Crippen LogP) is 3.80. The second-order valence-corrected chi connectivity index (χ2v) is 4.99.